The van der Waals surface area contributed by atoms with Crippen LogP contribution < -0.4 is 14.8 Å². The van der Waals surface area contributed by atoms with E-state index in [0.29, 0.717) is 19.3 Å². The molecule has 2 heterocycles. The molecule has 0 fully saturated rings. The third-order valence-electron chi connectivity index (χ3n) is 4.13. The number of hydrogen-bond acceptors (Lipinski definition) is 9. The van der Waals surface area contributed by atoms with Crippen LogP contribution in [0.4, 0.5) is 0 Å². The highest BCUT2D eigenvalue weighted by atomic mass is 32.1. The van der Waals surface area contributed by atoms with Crippen LogP contribution in [0.15, 0.2) is 35.7 Å². The van der Waals surface area contributed by atoms with Gasteiger partial charge in [0.1, 0.15) is 13.2 Å². The largest absolute Gasteiger partial charge is 0.486 e. The van der Waals surface area contributed by atoms with Crippen LogP contribution >= 0.6 is 11.3 Å². The molecule has 0 saturated heterocycles. The molecule has 0 bridgehead atoms. The second-order valence-electron chi connectivity index (χ2n) is 6.82. The summed E-state index contributed by atoms with van der Waals surface area (Å²) in [7, 11) is 4.24. The number of nitrogens with one attached hydrogen (secondary N) is 1. The Morgan fingerprint density at radius 3 is 1.97 bits per heavy atom. The molecule has 1 aliphatic rings. The average molecular weight is 499 g/mol. The number of ether oxygens (including phenoxy) is 2. The zero-order valence-electron chi connectivity index (χ0n) is 18.5. The molecule has 1 aromatic heterocycles. The SMILES string of the molecule is CN(C)C(CNCc1ccc2c(c1)OCCO2)c1cccs1.O=C(O)C(=O)O.O=C(O)C(=O)O. The van der Waals surface area contributed by atoms with E-state index in [2.05, 4.69) is 54.0 Å². The van der Waals surface area contributed by atoms with E-state index in [1.807, 2.05) is 6.07 Å². The van der Waals surface area contributed by atoms with Crippen molar-refractivity contribution in [1.29, 1.82) is 0 Å². The van der Waals surface area contributed by atoms with Gasteiger partial charge in [0.15, 0.2) is 11.5 Å². The Balaban J connectivity index is 0.000000401. The van der Waals surface area contributed by atoms with E-state index in [9.17, 15) is 0 Å². The summed E-state index contributed by atoms with van der Waals surface area (Å²) in [6.45, 7) is 3.01. The first-order valence-corrected chi connectivity index (χ1v) is 10.6. The van der Waals surface area contributed by atoms with Gasteiger partial charge in [0, 0.05) is 18.0 Å². The number of carboxylic acid groups (broad SMARTS) is 4. The van der Waals surface area contributed by atoms with Crippen molar-refractivity contribution in [2.75, 3.05) is 33.9 Å². The molecule has 5 N–H and O–H groups in total. The maximum Gasteiger partial charge on any atom is 0.414 e. The number of hydrogen-bond donors (Lipinski definition) is 5. The van der Waals surface area contributed by atoms with Crippen molar-refractivity contribution in [1.82, 2.24) is 10.2 Å². The fourth-order valence-electron chi connectivity index (χ4n) is 2.57. The topological polar surface area (TPSA) is 183 Å². The number of nitrogens with zero attached hydrogens (tertiary/aromatic N) is 1. The molecule has 0 radical (unpaired) electrons. The van der Waals surface area contributed by atoms with Gasteiger partial charge in [0.2, 0.25) is 0 Å². The highest BCUT2D eigenvalue weighted by Gasteiger charge is 2.15. The molecule has 0 spiro atoms. The van der Waals surface area contributed by atoms with Gasteiger partial charge < -0.3 is 40.1 Å². The molecule has 1 unspecified atom stereocenters. The van der Waals surface area contributed by atoms with Crippen LogP contribution in [0, 0.1) is 0 Å². The lowest BCUT2D eigenvalue weighted by Gasteiger charge is -2.24. The second-order valence-corrected chi connectivity index (χ2v) is 7.80. The Morgan fingerprint density at radius 1 is 0.941 bits per heavy atom. The van der Waals surface area contributed by atoms with Crippen LogP contribution in [0.1, 0.15) is 16.5 Å². The van der Waals surface area contributed by atoms with Crippen LogP contribution in [0.3, 0.4) is 0 Å². The highest BCUT2D eigenvalue weighted by Crippen LogP contribution is 2.30. The Labute approximate surface area is 199 Å². The molecule has 3 rings (SSSR count). The minimum atomic E-state index is -1.82. The van der Waals surface area contributed by atoms with E-state index in [1.54, 1.807) is 11.3 Å². The summed E-state index contributed by atoms with van der Waals surface area (Å²) in [5, 5.41) is 35.2. The molecule has 0 amide bonds. The Kier molecular flexibility index (Phi) is 12.1. The maximum atomic E-state index is 9.10. The Morgan fingerprint density at radius 2 is 1.50 bits per heavy atom. The van der Waals surface area contributed by atoms with Crippen molar-refractivity contribution in [3.63, 3.8) is 0 Å². The predicted octanol–water partition coefficient (Wildman–Crippen LogP) is 1.22. The van der Waals surface area contributed by atoms with Gasteiger partial charge in [0.25, 0.3) is 0 Å². The van der Waals surface area contributed by atoms with Gasteiger partial charge in [-0.05, 0) is 43.2 Å². The first-order valence-electron chi connectivity index (χ1n) is 9.74. The van der Waals surface area contributed by atoms with Crippen molar-refractivity contribution >= 4 is 35.2 Å². The summed E-state index contributed by atoms with van der Waals surface area (Å²) in [6, 6.07) is 10.9. The third kappa shape index (κ3) is 10.3. The van der Waals surface area contributed by atoms with Crippen LogP contribution in [0.5, 0.6) is 11.5 Å². The molecule has 12 nitrogen and oxygen atoms in total. The van der Waals surface area contributed by atoms with Gasteiger partial charge in [-0.15, -0.1) is 11.3 Å². The van der Waals surface area contributed by atoms with Crippen LogP contribution in [-0.2, 0) is 25.7 Å². The van der Waals surface area contributed by atoms with Crippen LogP contribution in [0.25, 0.3) is 0 Å². The van der Waals surface area contributed by atoms with Gasteiger partial charge >= 0.3 is 23.9 Å². The van der Waals surface area contributed by atoms with E-state index in [0.717, 1.165) is 24.6 Å². The average Bonchev–Trinajstić information content (AvgIpc) is 3.31. The summed E-state index contributed by atoms with van der Waals surface area (Å²) in [4.78, 5) is 40.0. The van der Waals surface area contributed by atoms with Crippen molar-refractivity contribution in [2.24, 2.45) is 0 Å². The zero-order valence-corrected chi connectivity index (χ0v) is 19.3. The Bertz CT molecular complexity index is 914. The first-order chi connectivity index (χ1) is 16.0. The Hall–Kier alpha value is -3.68. The smallest absolute Gasteiger partial charge is 0.414 e. The lowest BCUT2D eigenvalue weighted by molar-refractivity contribution is -0.159. The number of benzene rings is 1. The number of rotatable bonds is 6. The quantitative estimate of drug-likeness (QED) is 0.360. The van der Waals surface area contributed by atoms with E-state index in [4.69, 9.17) is 49.1 Å². The molecular formula is C21H26N2O10S. The molecule has 2 aromatic rings. The molecule has 13 heteroatoms. The van der Waals surface area contributed by atoms with Gasteiger partial charge in [-0.25, -0.2) is 19.2 Å². The molecule has 1 aromatic carbocycles. The first kappa shape index (κ1) is 28.4. The standard InChI is InChI=1S/C17H22N2O2S.2C2H2O4/c1-19(2)14(17-4-3-9-22-17)12-18-11-13-5-6-15-16(10-13)21-8-7-20-15;2*3-1(4)2(5)6/h3-6,9-10,14,18H,7-8,11-12H2,1-2H3;2*(H,3,4)(H,5,6). The molecule has 186 valence electrons. The molecule has 1 atom stereocenters. The van der Waals surface area contributed by atoms with Crippen molar-refractivity contribution < 1.29 is 49.1 Å². The second kappa shape index (κ2) is 14.5. The minimum Gasteiger partial charge on any atom is -0.486 e. The summed E-state index contributed by atoms with van der Waals surface area (Å²) in [5.74, 6) is -5.59. The van der Waals surface area contributed by atoms with Gasteiger partial charge in [-0.3, -0.25) is 0 Å². The molecular weight excluding hydrogens is 472 g/mol. The number of fused-ring (bicyclic) bond motifs is 1. The monoisotopic (exact) mass is 498 g/mol. The van der Waals surface area contributed by atoms with Crippen molar-refractivity contribution in [3.05, 3.63) is 46.2 Å². The molecule has 0 saturated carbocycles. The summed E-state index contributed by atoms with van der Waals surface area (Å²) < 4.78 is 11.2. The fraction of sp³-hybridized carbons (Fsp3) is 0.333. The van der Waals surface area contributed by atoms with Crippen LogP contribution in [-0.4, -0.2) is 83.1 Å². The number of carbonyl (C=O) groups is 4. The highest BCUT2D eigenvalue weighted by molar-refractivity contribution is 7.10. The number of likely N-dealkylation sites (N-methyl/N-ethyl adjacent to an activating group) is 1. The van der Waals surface area contributed by atoms with Crippen LogP contribution in [0.2, 0.25) is 0 Å². The van der Waals surface area contributed by atoms with Crippen molar-refractivity contribution in [2.45, 2.75) is 12.6 Å². The number of aliphatic carboxylic acids is 4. The van der Waals surface area contributed by atoms with E-state index in [-0.39, 0.29) is 0 Å². The third-order valence-corrected chi connectivity index (χ3v) is 5.11. The lowest BCUT2D eigenvalue weighted by Crippen LogP contribution is -2.30. The molecule has 34 heavy (non-hydrogen) atoms. The van der Waals surface area contributed by atoms with Gasteiger partial charge in [-0.1, -0.05) is 12.1 Å². The summed E-state index contributed by atoms with van der Waals surface area (Å²) in [5.41, 5.74) is 1.22. The number of thiophene rings is 1. The summed E-state index contributed by atoms with van der Waals surface area (Å²) in [6.07, 6.45) is 0. The van der Waals surface area contributed by atoms with E-state index >= 15 is 0 Å². The van der Waals surface area contributed by atoms with E-state index < -0.39 is 23.9 Å². The van der Waals surface area contributed by atoms with Crippen molar-refractivity contribution in [3.8, 4) is 11.5 Å². The summed E-state index contributed by atoms with van der Waals surface area (Å²) >= 11 is 1.81. The molecule has 1 aliphatic heterocycles. The van der Waals surface area contributed by atoms with E-state index in [1.165, 1.54) is 10.4 Å². The zero-order chi connectivity index (χ0) is 25.7. The maximum absolute atomic E-state index is 9.10. The molecule has 0 aliphatic carbocycles. The predicted molar refractivity (Wildman–Crippen MR) is 120 cm³/mol. The number of carboxylic acids is 4. The lowest BCUT2D eigenvalue weighted by atomic mass is 10.1. The minimum absolute atomic E-state index is 0.400. The normalized spacial score (nSPS) is 12.3. The fourth-order valence-corrected chi connectivity index (χ4v) is 3.49. The van der Waals surface area contributed by atoms with Gasteiger partial charge in [0.05, 0.1) is 6.04 Å². The van der Waals surface area contributed by atoms with Gasteiger partial charge in [-0.2, -0.15) is 0 Å².